The zero-order valence-electron chi connectivity index (χ0n) is 17.3. The molecule has 0 spiro atoms. The van der Waals surface area contributed by atoms with Gasteiger partial charge in [-0.2, -0.15) is 4.68 Å². The maximum Gasteiger partial charge on any atom is 0.437 e. The van der Waals surface area contributed by atoms with E-state index in [1.54, 1.807) is 23.1 Å². The zero-order chi connectivity index (χ0) is 22.8. The van der Waals surface area contributed by atoms with Crippen molar-refractivity contribution in [1.29, 1.82) is 0 Å². The van der Waals surface area contributed by atoms with Crippen molar-refractivity contribution in [3.8, 4) is 23.0 Å². The molecular formula is C23H18FN3O5S. The molecule has 0 fully saturated rings. The number of benzene rings is 2. The fourth-order valence-electron chi connectivity index (χ4n) is 3.41. The summed E-state index contributed by atoms with van der Waals surface area (Å²) >= 11 is 1.52. The number of thiophene rings is 1. The SMILES string of the molecule is O=C(Cn1nc(-c2ccc(F)cc2)oc1=O)N(Cc1cccs1)c1ccc2c(c1)OCCO2. The Hall–Kier alpha value is -3.92. The van der Waals surface area contributed by atoms with Gasteiger partial charge in [0, 0.05) is 22.2 Å². The lowest BCUT2D eigenvalue weighted by molar-refractivity contribution is -0.119. The van der Waals surface area contributed by atoms with E-state index in [1.165, 1.54) is 35.6 Å². The van der Waals surface area contributed by atoms with Gasteiger partial charge in [0.1, 0.15) is 25.6 Å². The molecule has 0 saturated carbocycles. The Labute approximate surface area is 191 Å². The Bertz CT molecular complexity index is 1330. The second kappa shape index (κ2) is 8.91. The van der Waals surface area contributed by atoms with Crippen LogP contribution in [0, 0.1) is 5.82 Å². The molecule has 0 bridgehead atoms. The van der Waals surface area contributed by atoms with Crippen LogP contribution in [0.3, 0.4) is 0 Å². The quantitative estimate of drug-likeness (QED) is 0.430. The van der Waals surface area contributed by atoms with Crippen LogP contribution in [0.25, 0.3) is 11.5 Å². The molecule has 5 rings (SSSR count). The van der Waals surface area contributed by atoms with Crippen molar-refractivity contribution in [2.45, 2.75) is 13.1 Å². The molecule has 0 aliphatic carbocycles. The summed E-state index contributed by atoms with van der Waals surface area (Å²) in [6.07, 6.45) is 0. The van der Waals surface area contributed by atoms with Crippen LogP contribution in [0.5, 0.6) is 11.5 Å². The Morgan fingerprint density at radius 2 is 1.88 bits per heavy atom. The third-order valence-electron chi connectivity index (χ3n) is 5.02. The van der Waals surface area contributed by atoms with Crippen molar-refractivity contribution in [2.24, 2.45) is 0 Å². The predicted octanol–water partition coefficient (Wildman–Crippen LogP) is 3.71. The summed E-state index contributed by atoms with van der Waals surface area (Å²) in [5.41, 5.74) is 1.04. The third kappa shape index (κ3) is 4.51. The highest BCUT2D eigenvalue weighted by Crippen LogP contribution is 2.34. The van der Waals surface area contributed by atoms with E-state index in [0.717, 1.165) is 9.56 Å². The first-order valence-electron chi connectivity index (χ1n) is 10.1. The number of anilines is 1. The molecular weight excluding hydrogens is 449 g/mol. The average Bonchev–Trinajstić information content (AvgIpc) is 3.47. The summed E-state index contributed by atoms with van der Waals surface area (Å²) < 4.78 is 30.5. The molecule has 0 saturated heterocycles. The average molecular weight is 467 g/mol. The van der Waals surface area contributed by atoms with E-state index < -0.39 is 11.6 Å². The van der Waals surface area contributed by atoms with Gasteiger partial charge in [0.05, 0.1) is 6.54 Å². The number of amides is 1. The topological polar surface area (TPSA) is 86.8 Å². The second-order valence-corrected chi connectivity index (χ2v) is 8.26. The number of fused-ring (bicyclic) bond motifs is 1. The summed E-state index contributed by atoms with van der Waals surface area (Å²) in [7, 11) is 0. The second-order valence-electron chi connectivity index (χ2n) is 7.22. The molecule has 1 aliphatic heterocycles. The molecule has 2 aromatic carbocycles. The van der Waals surface area contributed by atoms with Crippen molar-refractivity contribution in [3.05, 3.63) is 81.2 Å². The highest BCUT2D eigenvalue weighted by molar-refractivity contribution is 7.09. The van der Waals surface area contributed by atoms with Crippen molar-refractivity contribution < 1.29 is 23.1 Å². The molecule has 1 amide bonds. The van der Waals surface area contributed by atoms with Gasteiger partial charge in [-0.1, -0.05) is 6.07 Å². The first-order valence-corrected chi connectivity index (χ1v) is 11.0. The van der Waals surface area contributed by atoms with E-state index in [4.69, 9.17) is 13.9 Å². The van der Waals surface area contributed by atoms with Gasteiger partial charge in [-0.25, -0.2) is 9.18 Å². The van der Waals surface area contributed by atoms with Crippen LogP contribution in [0.15, 0.2) is 69.2 Å². The molecule has 1 aliphatic rings. The van der Waals surface area contributed by atoms with Gasteiger partial charge < -0.3 is 18.8 Å². The van der Waals surface area contributed by atoms with Crippen LogP contribution < -0.4 is 20.1 Å². The summed E-state index contributed by atoms with van der Waals surface area (Å²) in [5, 5.41) is 6.05. The summed E-state index contributed by atoms with van der Waals surface area (Å²) in [6, 6.07) is 14.5. The Kier molecular flexibility index (Phi) is 5.66. The minimum atomic E-state index is -0.777. The molecule has 0 radical (unpaired) electrons. The van der Waals surface area contributed by atoms with Gasteiger partial charge in [0.15, 0.2) is 11.5 Å². The van der Waals surface area contributed by atoms with Crippen LogP contribution >= 0.6 is 11.3 Å². The lowest BCUT2D eigenvalue weighted by Gasteiger charge is -2.25. The highest BCUT2D eigenvalue weighted by Gasteiger charge is 2.22. The monoisotopic (exact) mass is 467 g/mol. The molecule has 33 heavy (non-hydrogen) atoms. The number of rotatable bonds is 6. The van der Waals surface area contributed by atoms with Gasteiger partial charge in [0.2, 0.25) is 11.8 Å². The van der Waals surface area contributed by atoms with Gasteiger partial charge in [-0.15, -0.1) is 16.4 Å². The number of ether oxygens (including phenoxy) is 2. The number of aromatic nitrogens is 2. The Morgan fingerprint density at radius 3 is 2.64 bits per heavy atom. The number of nitrogens with zero attached hydrogens (tertiary/aromatic N) is 3. The van der Waals surface area contributed by atoms with Crippen LogP contribution in [-0.2, 0) is 17.9 Å². The molecule has 10 heteroatoms. The van der Waals surface area contributed by atoms with E-state index in [1.807, 2.05) is 17.5 Å². The smallest absolute Gasteiger partial charge is 0.437 e. The van der Waals surface area contributed by atoms with E-state index in [9.17, 15) is 14.0 Å². The molecule has 4 aromatic rings. The molecule has 8 nitrogen and oxygen atoms in total. The number of hydrogen-bond acceptors (Lipinski definition) is 7. The van der Waals surface area contributed by atoms with Gasteiger partial charge in [0.25, 0.3) is 0 Å². The normalized spacial score (nSPS) is 12.5. The van der Waals surface area contributed by atoms with E-state index in [0.29, 0.717) is 42.5 Å². The van der Waals surface area contributed by atoms with Crippen LogP contribution in [0.2, 0.25) is 0 Å². The Balaban J connectivity index is 1.43. The van der Waals surface area contributed by atoms with Gasteiger partial charge >= 0.3 is 5.76 Å². The van der Waals surface area contributed by atoms with E-state index >= 15 is 0 Å². The van der Waals surface area contributed by atoms with Crippen molar-refractivity contribution in [3.63, 3.8) is 0 Å². The van der Waals surface area contributed by atoms with Crippen molar-refractivity contribution >= 4 is 22.9 Å². The van der Waals surface area contributed by atoms with Crippen LogP contribution in [0.4, 0.5) is 10.1 Å². The standard InChI is InChI=1S/C23H18FN3O5S/c24-16-5-3-15(4-6-16)22-25-27(23(29)32-22)14-21(28)26(13-18-2-1-11-33-18)17-7-8-19-20(12-17)31-10-9-30-19/h1-8,11-12H,9-10,13-14H2. The van der Waals surface area contributed by atoms with E-state index in [2.05, 4.69) is 5.10 Å². The fourth-order valence-corrected chi connectivity index (χ4v) is 4.10. The minimum Gasteiger partial charge on any atom is -0.486 e. The maximum atomic E-state index is 13.3. The van der Waals surface area contributed by atoms with Crippen molar-refractivity contribution in [2.75, 3.05) is 18.1 Å². The first-order chi connectivity index (χ1) is 16.1. The fraction of sp³-hybridized carbons (Fsp3) is 0.174. The Morgan fingerprint density at radius 1 is 1.09 bits per heavy atom. The highest BCUT2D eigenvalue weighted by atomic mass is 32.1. The van der Waals surface area contributed by atoms with Gasteiger partial charge in [-0.3, -0.25) is 4.79 Å². The number of carbonyl (C=O) groups is 1. The molecule has 0 atom stereocenters. The third-order valence-corrected chi connectivity index (χ3v) is 5.88. The number of carbonyl (C=O) groups excluding carboxylic acids is 1. The lowest BCUT2D eigenvalue weighted by atomic mass is 10.2. The number of halogens is 1. The van der Waals surface area contributed by atoms with Crippen LogP contribution in [-0.4, -0.2) is 28.9 Å². The summed E-state index contributed by atoms with van der Waals surface area (Å²) in [5.74, 6) is -0.372. The van der Waals surface area contributed by atoms with E-state index in [-0.39, 0.29) is 18.3 Å². The zero-order valence-corrected chi connectivity index (χ0v) is 18.1. The van der Waals surface area contributed by atoms with Gasteiger partial charge in [-0.05, 0) is 47.8 Å². The summed E-state index contributed by atoms with van der Waals surface area (Å²) in [4.78, 5) is 28.2. The largest absolute Gasteiger partial charge is 0.486 e. The maximum absolute atomic E-state index is 13.3. The molecule has 0 N–H and O–H groups in total. The first kappa shape index (κ1) is 21.0. The number of hydrogen-bond donors (Lipinski definition) is 0. The summed E-state index contributed by atoms with van der Waals surface area (Å²) in [6.45, 7) is 0.877. The molecule has 2 aromatic heterocycles. The molecule has 168 valence electrons. The van der Waals surface area contributed by atoms with Crippen molar-refractivity contribution in [1.82, 2.24) is 9.78 Å². The lowest BCUT2D eigenvalue weighted by Crippen LogP contribution is -2.35. The minimum absolute atomic E-state index is 0.0111. The van der Waals surface area contributed by atoms with Crippen LogP contribution in [0.1, 0.15) is 4.88 Å². The predicted molar refractivity (Wildman–Crippen MR) is 119 cm³/mol. The molecule has 3 heterocycles. The molecule has 0 unspecified atom stereocenters.